The maximum absolute atomic E-state index is 13.0. The molecule has 0 bridgehead atoms. The molecule has 4 unspecified atom stereocenters. The van der Waals surface area contributed by atoms with Crippen LogP contribution in [0, 0.1) is 5.41 Å². The van der Waals surface area contributed by atoms with Gasteiger partial charge in [0.2, 0.25) is 21.8 Å². The van der Waals surface area contributed by atoms with E-state index in [2.05, 4.69) is 15.4 Å². The molecular weight excluding hydrogens is 532 g/mol. The lowest BCUT2D eigenvalue weighted by atomic mass is 10.0. The monoisotopic (exact) mass is 570 g/mol. The van der Waals surface area contributed by atoms with Crippen molar-refractivity contribution in [3.05, 3.63) is 35.9 Å². The number of likely N-dealkylation sites (tertiary alicyclic amines) is 1. The molecule has 2 rings (SSSR count). The predicted octanol–water partition coefficient (Wildman–Crippen LogP) is -0.623. The Morgan fingerprint density at radius 3 is 2.54 bits per heavy atom. The van der Waals surface area contributed by atoms with Crippen LogP contribution in [0.15, 0.2) is 30.3 Å². The number of amides is 2. The zero-order valence-corrected chi connectivity index (χ0v) is 22.9. The van der Waals surface area contributed by atoms with E-state index >= 15 is 0 Å². The van der Waals surface area contributed by atoms with Gasteiger partial charge < -0.3 is 35.8 Å². The molecule has 0 saturated carbocycles. The zero-order chi connectivity index (χ0) is 29.0. The highest BCUT2D eigenvalue weighted by atomic mass is 32.2. The van der Waals surface area contributed by atoms with Crippen LogP contribution in [-0.2, 0) is 35.5 Å². The summed E-state index contributed by atoms with van der Waals surface area (Å²) in [7, 11) is -4.00. The zero-order valence-electron chi connectivity index (χ0n) is 22.1. The number of aryl methyl sites for hydroxylation is 1. The van der Waals surface area contributed by atoms with Crippen LogP contribution in [0.5, 0.6) is 0 Å². The minimum Gasteiger partial charge on any atom is -0.434 e. The molecule has 1 aromatic carbocycles. The van der Waals surface area contributed by atoms with Crippen molar-refractivity contribution in [3.8, 4) is 0 Å². The Labute approximate surface area is 228 Å². The van der Waals surface area contributed by atoms with Crippen LogP contribution >= 0.6 is 0 Å². The Bertz CT molecular complexity index is 1090. The standard InChI is InChI=1S/C24H38N6O8S/c1-3-13-37-24(34)38-15-19(29-39(35,36)14-11-17-8-5-4-6-9-17)21(32)27-16(2)20(31)28-18-10-7-12-30(22(18)33)23(25)26/h4-6,8-9,16,18-19,22,29,33H,3,7,10-15H2,1-2H3,(H3,25,26)(H,27,32)(H,28,31). The summed E-state index contributed by atoms with van der Waals surface area (Å²) in [6, 6.07) is 5.48. The first-order valence-corrected chi connectivity index (χ1v) is 14.3. The lowest BCUT2D eigenvalue weighted by Crippen LogP contribution is -2.61. The molecule has 1 heterocycles. The fraction of sp³-hybridized carbons (Fsp3) is 0.583. The number of nitrogens with one attached hydrogen (secondary N) is 4. The number of hydrogen-bond donors (Lipinski definition) is 6. The van der Waals surface area contributed by atoms with E-state index in [1.165, 1.54) is 11.8 Å². The van der Waals surface area contributed by atoms with Crippen molar-refractivity contribution in [1.82, 2.24) is 20.3 Å². The fourth-order valence-corrected chi connectivity index (χ4v) is 5.02. The highest BCUT2D eigenvalue weighted by Crippen LogP contribution is 2.15. The van der Waals surface area contributed by atoms with E-state index in [1.54, 1.807) is 37.3 Å². The second-order valence-electron chi connectivity index (χ2n) is 9.11. The topological polar surface area (TPSA) is 213 Å². The summed E-state index contributed by atoms with van der Waals surface area (Å²) in [5.74, 6) is -2.21. The smallest absolute Gasteiger partial charge is 0.434 e. The van der Waals surface area contributed by atoms with Crippen LogP contribution in [0.3, 0.4) is 0 Å². The highest BCUT2D eigenvalue weighted by Gasteiger charge is 2.34. The van der Waals surface area contributed by atoms with Crippen molar-refractivity contribution in [3.63, 3.8) is 0 Å². The number of carbonyl (C=O) groups excluding carboxylic acids is 3. The summed E-state index contributed by atoms with van der Waals surface area (Å²) in [5, 5.41) is 23.0. The largest absolute Gasteiger partial charge is 0.508 e. The summed E-state index contributed by atoms with van der Waals surface area (Å²) >= 11 is 0. The van der Waals surface area contributed by atoms with Crippen molar-refractivity contribution in [2.75, 3.05) is 25.5 Å². The molecule has 7 N–H and O–H groups in total. The van der Waals surface area contributed by atoms with E-state index in [0.29, 0.717) is 25.8 Å². The van der Waals surface area contributed by atoms with E-state index in [-0.39, 0.29) is 24.7 Å². The predicted molar refractivity (Wildman–Crippen MR) is 142 cm³/mol. The van der Waals surface area contributed by atoms with Crippen molar-refractivity contribution in [1.29, 1.82) is 5.41 Å². The molecule has 218 valence electrons. The molecule has 4 atom stereocenters. The van der Waals surface area contributed by atoms with Gasteiger partial charge in [-0.05, 0) is 38.2 Å². The lowest BCUT2D eigenvalue weighted by molar-refractivity contribution is -0.131. The molecule has 1 aliphatic heterocycles. The number of ether oxygens (including phenoxy) is 2. The number of carbonyl (C=O) groups is 3. The van der Waals surface area contributed by atoms with Gasteiger partial charge in [0.1, 0.15) is 24.9 Å². The van der Waals surface area contributed by atoms with Gasteiger partial charge in [0.15, 0.2) is 5.96 Å². The number of guanidine groups is 1. The van der Waals surface area contributed by atoms with Gasteiger partial charge in [0, 0.05) is 6.54 Å². The number of sulfonamides is 1. The quantitative estimate of drug-likeness (QED) is 0.100. The van der Waals surface area contributed by atoms with Crippen LogP contribution in [0.25, 0.3) is 0 Å². The molecule has 0 aromatic heterocycles. The molecule has 1 aromatic rings. The van der Waals surface area contributed by atoms with Gasteiger partial charge in [-0.25, -0.2) is 13.2 Å². The summed E-state index contributed by atoms with van der Waals surface area (Å²) in [5.41, 5.74) is 6.25. The van der Waals surface area contributed by atoms with Crippen molar-refractivity contribution >= 4 is 34.0 Å². The fourth-order valence-electron chi connectivity index (χ4n) is 3.79. The molecule has 15 heteroatoms. The number of nitrogens with zero attached hydrogens (tertiary/aromatic N) is 1. The number of nitrogens with two attached hydrogens (primary N) is 1. The molecule has 1 fully saturated rings. The number of piperidine rings is 1. The van der Waals surface area contributed by atoms with E-state index < -0.39 is 59.0 Å². The van der Waals surface area contributed by atoms with Crippen molar-refractivity contribution < 1.29 is 37.4 Å². The Kier molecular flexibility index (Phi) is 12.4. The Morgan fingerprint density at radius 2 is 1.90 bits per heavy atom. The van der Waals surface area contributed by atoms with Crippen molar-refractivity contribution in [2.24, 2.45) is 5.73 Å². The van der Waals surface area contributed by atoms with Crippen LogP contribution in [0.1, 0.15) is 38.7 Å². The molecular formula is C24H38N6O8S. The summed E-state index contributed by atoms with van der Waals surface area (Å²) in [4.78, 5) is 38.8. The van der Waals surface area contributed by atoms with Crippen LogP contribution < -0.4 is 21.1 Å². The van der Waals surface area contributed by atoms with Gasteiger partial charge in [-0.2, -0.15) is 4.72 Å². The molecule has 39 heavy (non-hydrogen) atoms. The molecule has 1 saturated heterocycles. The molecule has 14 nitrogen and oxygen atoms in total. The van der Waals surface area contributed by atoms with Crippen LogP contribution in [-0.4, -0.2) is 92.2 Å². The Morgan fingerprint density at radius 1 is 1.21 bits per heavy atom. The molecule has 0 radical (unpaired) electrons. The van der Waals surface area contributed by atoms with E-state index in [1.807, 2.05) is 0 Å². The SMILES string of the molecule is CCCOC(=O)OCC(NS(=O)(=O)CCc1ccccc1)C(=O)NC(C)C(=O)NC1CCCN(C(=N)N)C1O. The molecule has 2 amide bonds. The first kappa shape index (κ1) is 31.8. The third-order valence-electron chi connectivity index (χ3n) is 5.91. The van der Waals surface area contributed by atoms with E-state index in [9.17, 15) is 27.9 Å². The number of benzene rings is 1. The summed E-state index contributed by atoms with van der Waals surface area (Å²) in [6.45, 7) is 2.94. The normalized spacial score (nSPS) is 18.9. The average molecular weight is 571 g/mol. The maximum Gasteiger partial charge on any atom is 0.508 e. The van der Waals surface area contributed by atoms with Gasteiger partial charge in [-0.1, -0.05) is 37.3 Å². The molecule has 0 aliphatic carbocycles. The molecule has 0 spiro atoms. The third-order valence-corrected chi connectivity index (χ3v) is 7.30. The lowest BCUT2D eigenvalue weighted by Gasteiger charge is -2.38. The minimum atomic E-state index is -4.00. The summed E-state index contributed by atoms with van der Waals surface area (Å²) < 4.78 is 37.5. The summed E-state index contributed by atoms with van der Waals surface area (Å²) in [6.07, 6.45) is -0.559. The van der Waals surface area contributed by atoms with Crippen LogP contribution in [0.4, 0.5) is 4.79 Å². The van der Waals surface area contributed by atoms with Gasteiger partial charge in [0.25, 0.3) is 0 Å². The first-order valence-electron chi connectivity index (χ1n) is 12.7. The number of rotatable bonds is 13. The average Bonchev–Trinajstić information content (AvgIpc) is 2.90. The Hall–Kier alpha value is -3.43. The second-order valence-corrected chi connectivity index (χ2v) is 11.0. The Balaban J connectivity index is 2.03. The van der Waals surface area contributed by atoms with Gasteiger partial charge in [0.05, 0.1) is 18.4 Å². The number of aliphatic hydroxyl groups excluding tert-OH is 1. The van der Waals surface area contributed by atoms with Crippen LogP contribution in [0.2, 0.25) is 0 Å². The van der Waals surface area contributed by atoms with Gasteiger partial charge >= 0.3 is 6.16 Å². The van der Waals surface area contributed by atoms with E-state index in [4.69, 9.17) is 20.6 Å². The first-order chi connectivity index (χ1) is 18.4. The third kappa shape index (κ3) is 10.7. The number of aliphatic hydroxyl groups is 1. The van der Waals surface area contributed by atoms with Crippen molar-refractivity contribution in [2.45, 2.75) is 63.9 Å². The maximum atomic E-state index is 13.0. The highest BCUT2D eigenvalue weighted by molar-refractivity contribution is 7.89. The van der Waals surface area contributed by atoms with Gasteiger partial charge in [-0.15, -0.1) is 0 Å². The van der Waals surface area contributed by atoms with Gasteiger partial charge in [-0.3, -0.25) is 15.0 Å². The molecule has 1 aliphatic rings. The number of hydrogen-bond acceptors (Lipinski definition) is 9. The second kappa shape index (κ2) is 15.2. The minimum absolute atomic E-state index is 0.0871. The van der Waals surface area contributed by atoms with E-state index in [0.717, 1.165) is 5.56 Å².